The van der Waals surface area contributed by atoms with Crippen LogP contribution in [0.5, 0.6) is 0 Å². The molecule has 0 aliphatic carbocycles. The maximum Gasteiger partial charge on any atom is 0.0700 e. The van der Waals surface area contributed by atoms with E-state index >= 15 is 0 Å². The number of hydrogen-bond acceptors (Lipinski definition) is 3. The molecule has 0 radical (unpaired) electrons. The Morgan fingerprint density at radius 3 is 2.74 bits per heavy atom. The molecule has 0 bridgehead atoms. The van der Waals surface area contributed by atoms with Gasteiger partial charge in [-0.15, -0.1) is 0 Å². The largest absolute Gasteiger partial charge is 0.382 e. The van der Waals surface area contributed by atoms with Gasteiger partial charge in [-0.3, -0.25) is 0 Å². The van der Waals surface area contributed by atoms with Crippen molar-refractivity contribution in [1.29, 1.82) is 0 Å². The first-order valence-corrected chi connectivity index (χ1v) is 7.52. The van der Waals surface area contributed by atoms with Crippen molar-refractivity contribution in [1.82, 2.24) is 5.32 Å². The van der Waals surface area contributed by atoms with Crippen LogP contribution in [0.25, 0.3) is 0 Å². The molecule has 0 amide bonds. The SMILES string of the molecule is CNC(CCOCCOC)Cc1ccc(Br)cc1Cl. The van der Waals surface area contributed by atoms with Crippen LogP contribution in [0.4, 0.5) is 0 Å². The van der Waals surface area contributed by atoms with E-state index < -0.39 is 0 Å². The second-order valence-corrected chi connectivity index (χ2v) is 5.64. The third kappa shape index (κ3) is 6.72. The van der Waals surface area contributed by atoms with Crippen LogP contribution in [0.3, 0.4) is 0 Å². The van der Waals surface area contributed by atoms with Gasteiger partial charge in [-0.1, -0.05) is 33.6 Å². The van der Waals surface area contributed by atoms with Gasteiger partial charge in [0.2, 0.25) is 0 Å². The van der Waals surface area contributed by atoms with Crippen molar-refractivity contribution >= 4 is 27.5 Å². The van der Waals surface area contributed by atoms with Crippen LogP contribution >= 0.6 is 27.5 Å². The van der Waals surface area contributed by atoms with Gasteiger partial charge in [0, 0.05) is 29.3 Å². The number of benzene rings is 1. The molecular formula is C14H21BrClNO2. The van der Waals surface area contributed by atoms with E-state index in [0.717, 1.165) is 34.5 Å². The first-order chi connectivity index (χ1) is 9.17. The van der Waals surface area contributed by atoms with E-state index in [9.17, 15) is 0 Å². The van der Waals surface area contributed by atoms with E-state index in [1.807, 2.05) is 19.2 Å². The van der Waals surface area contributed by atoms with Gasteiger partial charge in [0.15, 0.2) is 0 Å². The Labute approximate surface area is 128 Å². The quantitative estimate of drug-likeness (QED) is 0.693. The van der Waals surface area contributed by atoms with Crippen molar-refractivity contribution in [3.63, 3.8) is 0 Å². The van der Waals surface area contributed by atoms with E-state index in [1.165, 1.54) is 0 Å². The highest BCUT2D eigenvalue weighted by Crippen LogP contribution is 2.22. The van der Waals surface area contributed by atoms with Crippen molar-refractivity contribution in [3.8, 4) is 0 Å². The predicted molar refractivity (Wildman–Crippen MR) is 83.0 cm³/mol. The Kier molecular flexibility index (Phi) is 8.66. The minimum Gasteiger partial charge on any atom is -0.382 e. The van der Waals surface area contributed by atoms with Crippen molar-refractivity contribution in [3.05, 3.63) is 33.3 Å². The van der Waals surface area contributed by atoms with Crippen LogP contribution in [-0.2, 0) is 15.9 Å². The van der Waals surface area contributed by atoms with E-state index in [4.69, 9.17) is 21.1 Å². The first-order valence-electron chi connectivity index (χ1n) is 6.35. The minimum atomic E-state index is 0.362. The number of hydrogen-bond donors (Lipinski definition) is 1. The Morgan fingerprint density at radius 2 is 2.11 bits per heavy atom. The lowest BCUT2D eigenvalue weighted by Gasteiger charge is -2.17. The summed E-state index contributed by atoms with van der Waals surface area (Å²) in [5.74, 6) is 0. The van der Waals surface area contributed by atoms with Crippen molar-refractivity contribution in [2.75, 3.05) is 34.0 Å². The number of halogens is 2. The summed E-state index contributed by atoms with van der Waals surface area (Å²) in [6.07, 6.45) is 1.85. The summed E-state index contributed by atoms with van der Waals surface area (Å²) in [6.45, 7) is 2.01. The number of nitrogens with one attached hydrogen (secondary N) is 1. The Bertz CT molecular complexity index is 376. The summed E-state index contributed by atoms with van der Waals surface area (Å²) in [5, 5.41) is 4.10. The molecule has 1 aromatic carbocycles. The van der Waals surface area contributed by atoms with Gasteiger partial charge in [-0.25, -0.2) is 0 Å². The topological polar surface area (TPSA) is 30.5 Å². The van der Waals surface area contributed by atoms with Gasteiger partial charge in [0.1, 0.15) is 0 Å². The molecule has 0 fully saturated rings. The van der Waals surface area contributed by atoms with E-state index in [-0.39, 0.29) is 0 Å². The summed E-state index contributed by atoms with van der Waals surface area (Å²) in [4.78, 5) is 0. The summed E-state index contributed by atoms with van der Waals surface area (Å²) < 4.78 is 11.4. The van der Waals surface area contributed by atoms with E-state index in [2.05, 4.69) is 27.3 Å². The Balaban J connectivity index is 2.39. The molecule has 0 aromatic heterocycles. The standard InChI is InChI=1S/C14H21BrClNO2/c1-17-13(5-6-19-8-7-18-2)9-11-3-4-12(15)10-14(11)16/h3-4,10,13,17H,5-9H2,1-2H3. The highest BCUT2D eigenvalue weighted by Gasteiger charge is 2.10. The molecule has 1 rings (SSSR count). The number of methoxy groups -OCH3 is 1. The van der Waals surface area contributed by atoms with Gasteiger partial charge in [0.25, 0.3) is 0 Å². The third-order valence-corrected chi connectivity index (χ3v) is 3.78. The number of likely N-dealkylation sites (N-methyl/N-ethyl adjacent to an activating group) is 1. The molecule has 3 nitrogen and oxygen atoms in total. The smallest absolute Gasteiger partial charge is 0.0700 e. The molecule has 0 saturated carbocycles. The third-order valence-electron chi connectivity index (χ3n) is 2.93. The molecule has 19 heavy (non-hydrogen) atoms. The molecule has 0 aliphatic rings. The molecule has 0 heterocycles. The molecule has 1 unspecified atom stereocenters. The average molecular weight is 351 g/mol. The molecule has 0 saturated heterocycles. The van der Waals surface area contributed by atoms with Crippen LogP contribution in [-0.4, -0.2) is 40.0 Å². The van der Waals surface area contributed by atoms with Crippen LogP contribution in [0, 0.1) is 0 Å². The number of rotatable bonds is 9. The lowest BCUT2D eigenvalue weighted by atomic mass is 10.0. The molecule has 1 atom stereocenters. The fourth-order valence-corrected chi connectivity index (χ4v) is 2.52. The van der Waals surface area contributed by atoms with E-state index in [1.54, 1.807) is 7.11 Å². The molecule has 1 N–H and O–H groups in total. The number of ether oxygens (including phenoxy) is 2. The summed E-state index contributed by atoms with van der Waals surface area (Å²) >= 11 is 9.64. The lowest BCUT2D eigenvalue weighted by molar-refractivity contribution is 0.0661. The van der Waals surface area contributed by atoms with Gasteiger partial charge >= 0.3 is 0 Å². The minimum absolute atomic E-state index is 0.362. The summed E-state index contributed by atoms with van der Waals surface area (Å²) in [7, 11) is 3.64. The molecule has 0 spiro atoms. The van der Waals surface area contributed by atoms with Crippen molar-refractivity contribution in [2.24, 2.45) is 0 Å². The van der Waals surface area contributed by atoms with Crippen molar-refractivity contribution < 1.29 is 9.47 Å². The highest BCUT2D eigenvalue weighted by molar-refractivity contribution is 9.10. The Hall–Kier alpha value is -0.130. The van der Waals surface area contributed by atoms with Gasteiger partial charge in [0.05, 0.1) is 13.2 Å². The molecule has 1 aromatic rings. The predicted octanol–water partition coefficient (Wildman–Crippen LogP) is 3.29. The maximum atomic E-state index is 6.23. The van der Waals surface area contributed by atoms with Crippen LogP contribution in [0.2, 0.25) is 5.02 Å². The second kappa shape index (κ2) is 9.72. The zero-order chi connectivity index (χ0) is 14.1. The van der Waals surface area contributed by atoms with Crippen molar-refractivity contribution in [2.45, 2.75) is 18.9 Å². The molecule has 0 aliphatic heterocycles. The second-order valence-electron chi connectivity index (χ2n) is 4.32. The summed E-state index contributed by atoms with van der Waals surface area (Å²) in [5.41, 5.74) is 1.15. The Morgan fingerprint density at radius 1 is 1.32 bits per heavy atom. The van der Waals surface area contributed by atoms with E-state index in [0.29, 0.717) is 19.3 Å². The zero-order valence-corrected chi connectivity index (χ0v) is 13.8. The van der Waals surface area contributed by atoms with Crippen LogP contribution in [0.15, 0.2) is 22.7 Å². The van der Waals surface area contributed by atoms with Gasteiger partial charge < -0.3 is 14.8 Å². The van der Waals surface area contributed by atoms with Gasteiger partial charge in [-0.05, 0) is 37.6 Å². The lowest BCUT2D eigenvalue weighted by Crippen LogP contribution is -2.29. The monoisotopic (exact) mass is 349 g/mol. The average Bonchev–Trinajstić information content (AvgIpc) is 2.39. The van der Waals surface area contributed by atoms with Gasteiger partial charge in [-0.2, -0.15) is 0 Å². The maximum absolute atomic E-state index is 6.23. The van der Waals surface area contributed by atoms with Crippen LogP contribution in [0.1, 0.15) is 12.0 Å². The summed E-state index contributed by atoms with van der Waals surface area (Å²) in [6, 6.07) is 6.37. The zero-order valence-electron chi connectivity index (χ0n) is 11.4. The molecule has 108 valence electrons. The first kappa shape index (κ1) is 16.9. The molecule has 5 heteroatoms. The fraction of sp³-hybridized carbons (Fsp3) is 0.571. The fourth-order valence-electron chi connectivity index (χ4n) is 1.77. The van der Waals surface area contributed by atoms with Crippen LogP contribution < -0.4 is 5.32 Å². The normalized spacial score (nSPS) is 12.6. The highest BCUT2D eigenvalue weighted by atomic mass is 79.9. The molecular weight excluding hydrogens is 330 g/mol.